The smallest absolute Gasteiger partial charge is 0.150 e. The van der Waals surface area contributed by atoms with Crippen molar-refractivity contribution in [2.45, 2.75) is 25.4 Å². The summed E-state index contributed by atoms with van der Waals surface area (Å²) in [6.45, 7) is 0. The third kappa shape index (κ3) is 3.67. The standard InChI is InChI=1S/C12H16ClNO3S/c13-12-7-14-3-1-10(12)6-11(15)5-9-2-4-18(16,17)8-9/h1,3,7,9,11,15H,2,4-6,8H2. The first-order valence-corrected chi connectivity index (χ1v) is 8.13. The van der Waals surface area contributed by atoms with Crippen LogP contribution in [0.4, 0.5) is 0 Å². The molecule has 18 heavy (non-hydrogen) atoms. The molecule has 2 heterocycles. The van der Waals surface area contributed by atoms with E-state index in [1.54, 1.807) is 18.5 Å². The van der Waals surface area contributed by atoms with Crippen molar-refractivity contribution in [3.05, 3.63) is 29.0 Å². The zero-order valence-electron chi connectivity index (χ0n) is 9.92. The summed E-state index contributed by atoms with van der Waals surface area (Å²) >= 11 is 5.96. The fourth-order valence-electron chi connectivity index (χ4n) is 2.35. The summed E-state index contributed by atoms with van der Waals surface area (Å²) in [5.41, 5.74) is 0.847. The molecule has 1 fully saturated rings. The number of hydrogen-bond acceptors (Lipinski definition) is 4. The number of halogens is 1. The second kappa shape index (κ2) is 5.55. The van der Waals surface area contributed by atoms with E-state index in [9.17, 15) is 13.5 Å². The quantitative estimate of drug-likeness (QED) is 0.911. The zero-order valence-corrected chi connectivity index (χ0v) is 11.5. The van der Waals surface area contributed by atoms with Crippen LogP contribution in [0.1, 0.15) is 18.4 Å². The average Bonchev–Trinajstić information content (AvgIpc) is 2.61. The molecule has 0 bridgehead atoms. The molecule has 1 aromatic rings. The Hall–Kier alpha value is -0.650. The van der Waals surface area contributed by atoms with Crippen molar-refractivity contribution in [3.8, 4) is 0 Å². The van der Waals surface area contributed by atoms with E-state index in [2.05, 4.69) is 4.98 Å². The summed E-state index contributed by atoms with van der Waals surface area (Å²) < 4.78 is 22.6. The molecule has 0 saturated carbocycles. The summed E-state index contributed by atoms with van der Waals surface area (Å²) in [7, 11) is -2.87. The van der Waals surface area contributed by atoms with Crippen LogP contribution in [0.3, 0.4) is 0 Å². The largest absolute Gasteiger partial charge is 0.393 e. The fourth-order valence-corrected chi connectivity index (χ4v) is 4.43. The molecule has 2 rings (SSSR count). The molecule has 1 N–H and O–H groups in total. The number of aliphatic hydroxyl groups excluding tert-OH is 1. The molecule has 100 valence electrons. The van der Waals surface area contributed by atoms with Gasteiger partial charge in [-0.3, -0.25) is 4.98 Å². The van der Waals surface area contributed by atoms with Crippen molar-refractivity contribution in [3.63, 3.8) is 0 Å². The minimum absolute atomic E-state index is 0.0746. The highest BCUT2D eigenvalue weighted by Crippen LogP contribution is 2.25. The molecule has 1 aromatic heterocycles. The van der Waals surface area contributed by atoms with Gasteiger partial charge in [-0.25, -0.2) is 8.42 Å². The van der Waals surface area contributed by atoms with Gasteiger partial charge in [0.2, 0.25) is 0 Å². The summed E-state index contributed by atoms with van der Waals surface area (Å²) in [6.07, 6.45) is 4.24. The van der Waals surface area contributed by atoms with E-state index in [-0.39, 0.29) is 17.4 Å². The summed E-state index contributed by atoms with van der Waals surface area (Å²) in [6, 6.07) is 1.77. The molecular weight excluding hydrogens is 274 g/mol. The van der Waals surface area contributed by atoms with Gasteiger partial charge in [0.25, 0.3) is 0 Å². The topological polar surface area (TPSA) is 67.3 Å². The van der Waals surface area contributed by atoms with E-state index < -0.39 is 15.9 Å². The SMILES string of the molecule is O=S1(=O)CCC(CC(O)Cc2ccncc2Cl)C1. The van der Waals surface area contributed by atoms with Gasteiger partial charge in [0.15, 0.2) is 9.84 Å². The van der Waals surface area contributed by atoms with E-state index >= 15 is 0 Å². The van der Waals surface area contributed by atoms with Gasteiger partial charge in [-0.15, -0.1) is 0 Å². The Balaban J connectivity index is 1.90. The molecule has 1 aliphatic heterocycles. The molecule has 6 heteroatoms. The Morgan fingerprint density at radius 3 is 2.94 bits per heavy atom. The van der Waals surface area contributed by atoms with E-state index in [1.165, 1.54) is 0 Å². The third-order valence-electron chi connectivity index (χ3n) is 3.24. The van der Waals surface area contributed by atoms with Crippen LogP contribution in [0.25, 0.3) is 0 Å². The Morgan fingerprint density at radius 1 is 1.56 bits per heavy atom. The molecule has 4 nitrogen and oxygen atoms in total. The van der Waals surface area contributed by atoms with Gasteiger partial charge in [-0.1, -0.05) is 11.6 Å². The second-order valence-electron chi connectivity index (χ2n) is 4.83. The predicted molar refractivity (Wildman–Crippen MR) is 70.3 cm³/mol. The monoisotopic (exact) mass is 289 g/mol. The number of sulfone groups is 1. The van der Waals surface area contributed by atoms with Gasteiger partial charge >= 0.3 is 0 Å². The molecule has 0 aliphatic carbocycles. The average molecular weight is 290 g/mol. The van der Waals surface area contributed by atoms with Crippen LogP contribution in [0.5, 0.6) is 0 Å². The lowest BCUT2D eigenvalue weighted by molar-refractivity contribution is 0.147. The van der Waals surface area contributed by atoms with E-state index in [1.807, 2.05) is 0 Å². The highest BCUT2D eigenvalue weighted by Gasteiger charge is 2.29. The van der Waals surface area contributed by atoms with Crippen molar-refractivity contribution >= 4 is 21.4 Å². The van der Waals surface area contributed by atoms with Crippen LogP contribution in [-0.2, 0) is 16.3 Å². The maximum atomic E-state index is 11.3. The van der Waals surface area contributed by atoms with Crippen LogP contribution in [0.15, 0.2) is 18.5 Å². The Labute approximate surface area is 112 Å². The summed E-state index contributed by atoms with van der Waals surface area (Å²) in [4.78, 5) is 3.88. The van der Waals surface area contributed by atoms with Crippen LogP contribution in [0.2, 0.25) is 5.02 Å². The van der Waals surface area contributed by atoms with Gasteiger partial charge in [0.05, 0.1) is 22.6 Å². The minimum Gasteiger partial charge on any atom is -0.393 e. The lowest BCUT2D eigenvalue weighted by atomic mass is 9.97. The maximum Gasteiger partial charge on any atom is 0.150 e. The highest BCUT2D eigenvalue weighted by atomic mass is 35.5. The van der Waals surface area contributed by atoms with Crippen LogP contribution in [0, 0.1) is 5.92 Å². The van der Waals surface area contributed by atoms with Gasteiger partial charge < -0.3 is 5.11 Å². The zero-order chi connectivity index (χ0) is 13.2. The number of aromatic nitrogens is 1. The van der Waals surface area contributed by atoms with E-state index in [0.717, 1.165) is 5.56 Å². The van der Waals surface area contributed by atoms with Crippen LogP contribution < -0.4 is 0 Å². The third-order valence-corrected chi connectivity index (χ3v) is 5.42. The Bertz CT molecular complexity index is 518. The predicted octanol–water partition coefficient (Wildman–Crippen LogP) is 1.46. The lowest BCUT2D eigenvalue weighted by Gasteiger charge is -2.15. The van der Waals surface area contributed by atoms with Gasteiger partial charge in [-0.2, -0.15) is 0 Å². The van der Waals surface area contributed by atoms with Crippen molar-refractivity contribution < 1.29 is 13.5 Å². The fraction of sp³-hybridized carbons (Fsp3) is 0.583. The minimum atomic E-state index is -2.87. The number of hydrogen-bond donors (Lipinski definition) is 1. The number of pyridine rings is 1. The number of nitrogens with zero attached hydrogens (tertiary/aromatic N) is 1. The highest BCUT2D eigenvalue weighted by molar-refractivity contribution is 7.91. The molecule has 2 unspecified atom stereocenters. The van der Waals surface area contributed by atoms with Gasteiger partial charge in [0, 0.05) is 12.4 Å². The first kappa shape index (κ1) is 13.8. The van der Waals surface area contributed by atoms with Crippen LogP contribution in [-0.4, -0.2) is 36.1 Å². The maximum absolute atomic E-state index is 11.3. The molecule has 2 atom stereocenters. The van der Waals surface area contributed by atoms with Crippen molar-refractivity contribution in [2.75, 3.05) is 11.5 Å². The molecule has 0 aromatic carbocycles. The van der Waals surface area contributed by atoms with E-state index in [0.29, 0.717) is 24.3 Å². The molecule has 0 radical (unpaired) electrons. The summed E-state index contributed by atoms with van der Waals surface area (Å²) in [5, 5.41) is 10.5. The van der Waals surface area contributed by atoms with Crippen molar-refractivity contribution in [2.24, 2.45) is 5.92 Å². The Kier molecular flexibility index (Phi) is 4.25. The summed E-state index contributed by atoms with van der Waals surface area (Å²) in [5.74, 6) is 0.528. The number of rotatable bonds is 4. The van der Waals surface area contributed by atoms with Crippen molar-refractivity contribution in [1.82, 2.24) is 4.98 Å². The Morgan fingerprint density at radius 2 is 2.33 bits per heavy atom. The van der Waals surface area contributed by atoms with E-state index in [4.69, 9.17) is 11.6 Å². The molecule has 0 amide bonds. The number of aliphatic hydroxyl groups is 1. The first-order valence-electron chi connectivity index (χ1n) is 5.93. The first-order chi connectivity index (χ1) is 8.46. The lowest BCUT2D eigenvalue weighted by Crippen LogP contribution is -2.17. The molecule has 1 aliphatic rings. The van der Waals surface area contributed by atoms with Crippen molar-refractivity contribution in [1.29, 1.82) is 0 Å². The molecule has 0 spiro atoms. The van der Waals surface area contributed by atoms with Gasteiger partial charge in [-0.05, 0) is 36.8 Å². The van der Waals surface area contributed by atoms with Crippen LogP contribution >= 0.6 is 11.6 Å². The van der Waals surface area contributed by atoms with Gasteiger partial charge in [0.1, 0.15) is 0 Å². The molecular formula is C12H16ClNO3S. The second-order valence-corrected chi connectivity index (χ2v) is 7.47. The molecule has 1 saturated heterocycles. The normalized spacial score (nSPS) is 24.0.